The highest BCUT2D eigenvalue weighted by Gasteiger charge is 2.22. The Balaban J connectivity index is 1.83. The fourth-order valence-corrected chi connectivity index (χ4v) is 2.22. The Morgan fingerprint density at radius 2 is 2.21 bits per heavy atom. The predicted molar refractivity (Wildman–Crippen MR) is 72.2 cm³/mol. The zero-order valence-electron chi connectivity index (χ0n) is 11.2. The lowest BCUT2D eigenvalue weighted by molar-refractivity contribution is -0.126. The van der Waals surface area contributed by atoms with Crippen molar-refractivity contribution in [3.05, 3.63) is 35.6 Å². The van der Waals surface area contributed by atoms with Crippen molar-refractivity contribution in [2.45, 2.75) is 19.5 Å². The molecular formula is C14H20FN3O. The van der Waals surface area contributed by atoms with Crippen LogP contribution in [-0.2, 0) is 11.3 Å². The third kappa shape index (κ3) is 4.01. The van der Waals surface area contributed by atoms with Gasteiger partial charge in [-0.15, -0.1) is 0 Å². The number of benzene rings is 1. The van der Waals surface area contributed by atoms with Crippen molar-refractivity contribution in [2.75, 3.05) is 26.2 Å². The van der Waals surface area contributed by atoms with Crippen LogP contribution in [0.3, 0.4) is 0 Å². The maximum absolute atomic E-state index is 13.0. The minimum atomic E-state index is -0.276. The normalized spacial score (nSPS) is 18.0. The van der Waals surface area contributed by atoms with Gasteiger partial charge in [-0.1, -0.05) is 12.1 Å². The first kappa shape index (κ1) is 14.0. The van der Waals surface area contributed by atoms with Gasteiger partial charge in [-0.3, -0.25) is 9.69 Å². The fourth-order valence-electron chi connectivity index (χ4n) is 2.22. The molecule has 1 aromatic carbocycles. The zero-order valence-corrected chi connectivity index (χ0v) is 11.2. The van der Waals surface area contributed by atoms with Crippen LogP contribution in [0.5, 0.6) is 0 Å². The SMILES string of the molecule is CC(C(=O)NCc1cccc(F)c1)N1CCNCC1. The molecule has 1 unspecified atom stereocenters. The van der Waals surface area contributed by atoms with Crippen LogP contribution in [0.2, 0.25) is 0 Å². The summed E-state index contributed by atoms with van der Waals surface area (Å²) in [5, 5.41) is 6.11. The Morgan fingerprint density at radius 3 is 2.89 bits per heavy atom. The molecule has 0 saturated carbocycles. The van der Waals surface area contributed by atoms with Crippen LogP contribution in [0.4, 0.5) is 4.39 Å². The van der Waals surface area contributed by atoms with E-state index in [9.17, 15) is 9.18 Å². The van der Waals surface area contributed by atoms with E-state index in [1.54, 1.807) is 12.1 Å². The molecule has 1 amide bonds. The van der Waals surface area contributed by atoms with Crippen molar-refractivity contribution in [3.63, 3.8) is 0 Å². The molecule has 0 bridgehead atoms. The molecule has 0 radical (unpaired) electrons. The summed E-state index contributed by atoms with van der Waals surface area (Å²) >= 11 is 0. The van der Waals surface area contributed by atoms with E-state index < -0.39 is 0 Å². The van der Waals surface area contributed by atoms with E-state index in [0.29, 0.717) is 6.54 Å². The van der Waals surface area contributed by atoms with Gasteiger partial charge in [0, 0.05) is 32.7 Å². The van der Waals surface area contributed by atoms with Gasteiger partial charge in [-0.25, -0.2) is 4.39 Å². The molecule has 2 N–H and O–H groups in total. The molecule has 1 aliphatic rings. The van der Waals surface area contributed by atoms with E-state index in [1.165, 1.54) is 12.1 Å². The number of carbonyl (C=O) groups is 1. The van der Waals surface area contributed by atoms with Crippen LogP contribution < -0.4 is 10.6 Å². The van der Waals surface area contributed by atoms with E-state index in [2.05, 4.69) is 15.5 Å². The molecule has 4 nitrogen and oxygen atoms in total. The van der Waals surface area contributed by atoms with Gasteiger partial charge in [0.1, 0.15) is 5.82 Å². The maximum Gasteiger partial charge on any atom is 0.237 e. The molecule has 1 fully saturated rings. The lowest BCUT2D eigenvalue weighted by Gasteiger charge is -2.31. The average molecular weight is 265 g/mol. The summed E-state index contributed by atoms with van der Waals surface area (Å²) in [7, 11) is 0. The van der Waals surface area contributed by atoms with Gasteiger partial charge in [0.2, 0.25) is 5.91 Å². The topological polar surface area (TPSA) is 44.4 Å². The van der Waals surface area contributed by atoms with E-state index >= 15 is 0 Å². The number of piperazine rings is 1. The summed E-state index contributed by atoms with van der Waals surface area (Å²) in [6.07, 6.45) is 0. The monoisotopic (exact) mass is 265 g/mol. The average Bonchev–Trinajstić information content (AvgIpc) is 2.45. The van der Waals surface area contributed by atoms with E-state index in [-0.39, 0.29) is 17.8 Å². The number of halogens is 1. The molecule has 104 valence electrons. The molecule has 19 heavy (non-hydrogen) atoms. The number of amides is 1. The van der Waals surface area contributed by atoms with Crippen molar-refractivity contribution in [3.8, 4) is 0 Å². The first-order chi connectivity index (χ1) is 9.16. The summed E-state index contributed by atoms with van der Waals surface area (Å²) in [6, 6.07) is 6.15. The lowest BCUT2D eigenvalue weighted by Crippen LogP contribution is -2.52. The molecular weight excluding hydrogens is 245 g/mol. The fraction of sp³-hybridized carbons (Fsp3) is 0.500. The highest BCUT2D eigenvalue weighted by molar-refractivity contribution is 5.81. The molecule has 5 heteroatoms. The highest BCUT2D eigenvalue weighted by Crippen LogP contribution is 2.05. The van der Waals surface area contributed by atoms with Crippen molar-refractivity contribution in [1.29, 1.82) is 0 Å². The molecule has 1 atom stereocenters. The van der Waals surface area contributed by atoms with Gasteiger partial charge in [0.25, 0.3) is 0 Å². The molecule has 1 aliphatic heterocycles. The van der Waals surface area contributed by atoms with Crippen molar-refractivity contribution >= 4 is 5.91 Å². The van der Waals surface area contributed by atoms with E-state index in [4.69, 9.17) is 0 Å². The molecule has 1 heterocycles. The summed E-state index contributed by atoms with van der Waals surface area (Å²) in [5.41, 5.74) is 0.779. The number of nitrogens with one attached hydrogen (secondary N) is 2. The molecule has 0 spiro atoms. The van der Waals surface area contributed by atoms with Gasteiger partial charge < -0.3 is 10.6 Å². The Kier molecular flexibility index (Phi) is 4.87. The Bertz CT molecular complexity index is 432. The molecule has 0 aliphatic carbocycles. The predicted octanol–water partition coefficient (Wildman–Crippen LogP) is 0.736. The first-order valence-electron chi connectivity index (χ1n) is 6.64. The highest BCUT2D eigenvalue weighted by atomic mass is 19.1. The van der Waals surface area contributed by atoms with Crippen molar-refractivity contribution in [2.24, 2.45) is 0 Å². The molecule has 1 aromatic rings. The van der Waals surface area contributed by atoms with Gasteiger partial charge in [-0.2, -0.15) is 0 Å². The smallest absolute Gasteiger partial charge is 0.237 e. The Hall–Kier alpha value is -1.46. The molecule has 1 saturated heterocycles. The zero-order chi connectivity index (χ0) is 13.7. The van der Waals surface area contributed by atoms with Gasteiger partial charge in [0.05, 0.1) is 6.04 Å². The number of carbonyl (C=O) groups excluding carboxylic acids is 1. The maximum atomic E-state index is 13.0. The van der Waals surface area contributed by atoms with Gasteiger partial charge in [-0.05, 0) is 24.6 Å². The second-order valence-corrected chi connectivity index (χ2v) is 4.81. The van der Waals surface area contributed by atoms with Crippen LogP contribution in [0.15, 0.2) is 24.3 Å². The van der Waals surface area contributed by atoms with E-state index in [0.717, 1.165) is 31.7 Å². The summed E-state index contributed by atoms with van der Waals surface area (Å²) in [5.74, 6) is -0.284. The Morgan fingerprint density at radius 1 is 1.47 bits per heavy atom. The van der Waals surface area contributed by atoms with Gasteiger partial charge in [0.15, 0.2) is 0 Å². The van der Waals surface area contributed by atoms with Crippen LogP contribution in [0.1, 0.15) is 12.5 Å². The minimum absolute atomic E-state index is 0.00818. The second-order valence-electron chi connectivity index (χ2n) is 4.81. The minimum Gasteiger partial charge on any atom is -0.351 e. The number of nitrogens with zero attached hydrogens (tertiary/aromatic N) is 1. The molecule has 2 rings (SSSR count). The van der Waals surface area contributed by atoms with Crippen molar-refractivity contribution in [1.82, 2.24) is 15.5 Å². The summed E-state index contributed by atoms with van der Waals surface area (Å²) < 4.78 is 13.0. The number of hydrogen-bond donors (Lipinski definition) is 2. The third-order valence-electron chi connectivity index (χ3n) is 3.43. The van der Waals surface area contributed by atoms with Crippen LogP contribution >= 0.6 is 0 Å². The summed E-state index contributed by atoms with van der Waals surface area (Å²) in [6.45, 7) is 5.88. The first-order valence-corrected chi connectivity index (χ1v) is 6.64. The van der Waals surface area contributed by atoms with E-state index in [1.807, 2.05) is 6.92 Å². The van der Waals surface area contributed by atoms with Crippen LogP contribution in [0.25, 0.3) is 0 Å². The second kappa shape index (κ2) is 6.63. The lowest BCUT2D eigenvalue weighted by atomic mass is 10.2. The van der Waals surface area contributed by atoms with Crippen LogP contribution in [-0.4, -0.2) is 43.0 Å². The largest absolute Gasteiger partial charge is 0.351 e. The Labute approximate surface area is 113 Å². The third-order valence-corrected chi connectivity index (χ3v) is 3.43. The van der Waals surface area contributed by atoms with Crippen LogP contribution in [0, 0.1) is 5.82 Å². The standard InChI is InChI=1S/C14H20FN3O/c1-11(18-7-5-16-6-8-18)14(19)17-10-12-3-2-4-13(15)9-12/h2-4,9,11,16H,5-8,10H2,1H3,(H,17,19). The van der Waals surface area contributed by atoms with Gasteiger partial charge >= 0.3 is 0 Å². The number of hydrogen-bond acceptors (Lipinski definition) is 3. The van der Waals surface area contributed by atoms with Crippen molar-refractivity contribution < 1.29 is 9.18 Å². The summed E-state index contributed by atoms with van der Waals surface area (Å²) in [4.78, 5) is 14.2. The number of rotatable bonds is 4. The molecule has 0 aromatic heterocycles. The quantitative estimate of drug-likeness (QED) is 0.844.